The van der Waals surface area contributed by atoms with Crippen LogP contribution in [-0.2, 0) is 4.79 Å². The topological polar surface area (TPSA) is 38.3 Å². The molecule has 0 aromatic heterocycles. The zero-order chi connectivity index (χ0) is 12.8. The van der Waals surface area contributed by atoms with E-state index in [0.29, 0.717) is 23.8 Å². The minimum Gasteiger partial charge on any atom is -0.493 e. The molecule has 1 heterocycles. The number of hydrogen-bond acceptors (Lipinski definition) is 3. The maximum Gasteiger partial charge on any atom is 0.140 e. The van der Waals surface area contributed by atoms with E-state index < -0.39 is 0 Å². The minimum atomic E-state index is 0.174. The van der Waals surface area contributed by atoms with E-state index in [4.69, 9.17) is 16.3 Å². The molecule has 0 radical (unpaired) electrons. The van der Waals surface area contributed by atoms with Gasteiger partial charge in [0.2, 0.25) is 0 Å². The molecule has 3 nitrogen and oxygen atoms in total. The number of benzene rings is 1. The first-order chi connectivity index (χ1) is 8.75. The standard InChI is InChI=1S/C14H18ClNO2/c15-12-3-5-13(6-4-12)18-9-7-14(17)11-2-1-8-16-10-11/h3-6,11,16H,1-2,7-10H2. The highest BCUT2D eigenvalue weighted by atomic mass is 35.5. The normalized spacial score (nSPS) is 19.5. The van der Waals surface area contributed by atoms with Gasteiger partial charge in [0.05, 0.1) is 6.61 Å². The fraction of sp³-hybridized carbons (Fsp3) is 0.500. The van der Waals surface area contributed by atoms with Crippen molar-refractivity contribution in [1.82, 2.24) is 5.32 Å². The first-order valence-corrected chi connectivity index (χ1v) is 6.75. The Hall–Kier alpha value is -1.06. The van der Waals surface area contributed by atoms with E-state index in [9.17, 15) is 4.79 Å². The second kappa shape index (κ2) is 6.76. The fourth-order valence-corrected chi connectivity index (χ4v) is 2.26. The maximum absolute atomic E-state index is 11.9. The zero-order valence-corrected chi connectivity index (χ0v) is 11.1. The molecule has 1 aliphatic rings. The van der Waals surface area contributed by atoms with Crippen LogP contribution in [0, 0.1) is 5.92 Å². The summed E-state index contributed by atoms with van der Waals surface area (Å²) in [5, 5.41) is 3.94. The SMILES string of the molecule is O=C(CCOc1ccc(Cl)cc1)C1CCCNC1. The van der Waals surface area contributed by atoms with Gasteiger partial charge in [0.25, 0.3) is 0 Å². The average molecular weight is 268 g/mol. The van der Waals surface area contributed by atoms with Gasteiger partial charge in [-0.3, -0.25) is 4.79 Å². The van der Waals surface area contributed by atoms with Gasteiger partial charge < -0.3 is 10.1 Å². The van der Waals surface area contributed by atoms with E-state index in [1.54, 1.807) is 12.1 Å². The Balaban J connectivity index is 1.71. The summed E-state index contributed by atoms with van der Waals surface area (Å²) in [6, 6.07) is 7.19. The first-order valence-electron chi connectivity index (χ1n) is 6.37. The van der Waals surface area contributed by atoms with E-state index >= 15 is 0 Å². The molecule has 1 saturated heterocycles. The van der Waals surface area contributed by atoms with Crippen molar-refractivity contribution in [2.75, 3.05) is 19.7 Å². The van der Waals surface area contributed by atoms with Crippen LogP contribution in [0.15, 0.2) is 24.3 Å². The molecule has 1 aliphatic heterocycles. The van der Waals surface area contributed by atoms with Crippen molar-refractivity contribution in [2.45, 2.75) is 19.3 Å². The third kappa shape index (κ3) is 4.00. The Morgan fingerprint density at radius 2 is 2.17 bits per heavy atom. The van der Waals surface area contributed by atoms with E-state index in [-0.39, 0.29) is 5.92 Å². The lowest BCUT2D eigenvalue weighted by Crippen LogP contribution is -2.34. The van der Waals surface area contributed by atoms with Crippen molar-refractivity contribution in [2.24, 2.45) is 5.92 Å². The number of nitrogens with one attached hydrogen (secondary N) is 1. The van der Waals surface area contributed by atoms with Crippen molar-refractivity contribution in [3.8, 4) is 5.75 Å². The molecule has 1 N–H and O–H groups in total. The predicted molar refractivity (Wildman–Crippen MR) is 72.2 cm³/mol. The molecule has 1 fully saturated rings. The van der Waals surface area contributed by atoms with Crippen LogP contribution in [0.5, 0.6) is 5.75 Å². The Kier molecular flexibility index (Phi) is 5.02. The Morgan fingerprint density at radius 3 is 2.83 bits per heavy atom. The van der Waals surface area contributed by atoms with Gasteiger partial charge in [-0.05, 0) is 43.7 Å². The van der Waals surface area contributed by atoms with Crippen LogP contribution in [0.4, 0.5) is 0 Å². The molecule has 2 rings (SSSR count). The molecule has 0 saturated carbocycles. The minimum absolute atomic E-state index is 0.174. The van der Waals surface area contributed by atoms with Gasteiger partial charge in [-0.15, -0.1) is 0 Å². The van der Waals surface area contributed by atoms with E-state index in [1.165, 1.54) is 0 Å². The highest BCUT2D eigenvalue weighted by Crippen LogP contribution is 2.17. The van der Waals surface area contributed by atoms with Crippen LogP contribution in [0.2, 0.25) is 5.02 Å². The lowest BCUT2D eigenvalue weighted by molar-refractivity contribution is -0.123. The lowest BCUT2D eigenvalue weighted by atomic mass is 9.94. The van der Waals surface area contributed by atoms with Gasteiger partial charge in [0, 0.05) is 23.9 Å². The average Bonchev–Trinajstić information content (AvgIpc) is 2.42. The summed E-state index contributed by atoms with van der Waals surface area (Å²) in [5.74, 6) is 1.23. The second-order valence-corrected chi connectivity index (χ2v) is 5.00. The van der Waals surface area contributed by atoms with Gasteiger partial charge in [-0.2, -0.15) is 0 Å². The molecule has 1 aromatic rings. The summed E-state index contributed by atoms with van der Waals surface area (Å²) in [5.41, 5.74) is 0. The molecular formula is C14H18ClNO2. The molecule has 0 aliphatic carbocycles. The van der Waals surface area contributed by atoms with Crippen molar-refractivity contribution in [3.05, 3.63) is 29.3 Å². The van der Waals surface area contributed by atoms with Crippen LogP contribution in [0.25, 0.3) is 0 Å². The van der Waals surface area contributed by atoms with Gasteiger partial charge in [-0.25, -0.2) is 0 Å². The van der Waals surface area contributed by atoms with Crippen molar-refractivity contribution in [3.63, 3.8) is 0 Å². The molecule has 98 valence electrons. The van der Waals surface area contributed by atoms with Crippen LogP contribution < -0.4 is 10.1 Å². The summed E-state index contributed by atoms with van der Waals surface area (Å²) in [7, 11) is 0. The van der Waals surface area contributed by atoms with Crippen molar-refractivity contribution < 1.29 is 9.53 Å². The fourth-order valence-electron chi connectivity index (χ4n) is 2.13. The Bertz CT molecular complexity index is 385. The quantitative estimate of drug-likeness (QED) is 0.891. The number of halogens is 1. The maximum atomic E-state index is 11.9. The van der Waals surface area contributed by atoms with E-state index in [2.05, 4.69) is 5.32 Å². The molecule has 0 spiro atoms. The summed E-state index contributed by atoms with van der Waals surface area (Å²) in [6.45, 7) is 2.29. The second-order valence-electron chi connectivity index (χ2n) is 4.56. The largest absolute Gasteiger partial charge is 0.493 e. The third-order valence-corrected chi connectivity index (χ3v) is 3.44. The van der Waals surface area contributed by atoms with Crippen molar-refractivity contribution >= 4 is 17.4 Å². The van der Waals surface area contributed by atoms with Crippen molar-refractivity contribution in [1.29, 1.82) is 0 Å². The number of ketones is 1. The lowest BCUT2D eigenvalue weighted by Gasteiger charge is -2.21. The van der Waals surface area contributed by atoms with Crippen LogP contribution >= 0.6 is 11.6 Å². The molecule has 18 heavy (non-hydrogen) atoms. The monoisotopic (exact) mass is 267 g/mol. The van der Waals surface area contributed by atoms with Gasteiger partial charge in [0.1, 0.15) is 11.5 Å². The molecule has 0 bridgehead atoms. The summed E-state index contributed by atoms with van der Waals surface area (Å²) in [4.78, 5) is 11.9. The Morgan fingerprint density at radius 1 is 1.39 bits per heavy atom. The highest BCUT2D eigenvalue weighted by molar-refractivity contribution is 6.30. The number of carbonyl (C=O) groups is 1. The van der Waals surface area contributed by atoms with Gasteiger partial charge in [-0.1, -0.05) is 11.6 Å². The van der Waals surface area contributed by atoms with E-state index in [1.807, 2.05) is 12.1 Å². The van der Waals surface area contributed by atoms with Crippen LogP contribution in [-0.4, -0.2) is 25.5 Å². The number of ether oxygens (including phenoxy) is 1. The molecule has 1 unspecified atom stereocenters. The summed E-state index contributed by atoms with van der Waals surface area (Å²) >= 11 is 5.78. The molecular weight excluding hydrogens is 250 g/mol. The summed E-state index contributed by atoms with van der Waals surface area (Å²) in [6.07, 6.45) is 2.58. The molecule has 1 atom stereocenters. The number of piperidine rings is 1. The zero-order valence-electron chi connectivity index (χ0n) is 10.3. The number of Topliss-reactive ketones (excluding diaryl/α,β-unsaturated/α-hetero) is 1. The van der Waals surface area contributed by atoms with Gasteiger partial charge in [0.15, 0.2) is 0 Å². The summed E-state index contributed by atoms with van der Waals surface area (Å²) < 4.78 is 5.52. The highest BCUT2D eigenvalue weighted by Gasteiger charge is 2.20. The van der Waals surface area contributed by atoms with Gasteiger partial charge >= 0.3 is 0 Å². The van der Waals surface area contributed by atoms with Crippen LogP contribution in [0.1, 0.15) is 19.3 Å². The molecule has 0 amide bonds. The number of carbonyl (C=O) groups excluding carboxylic acids is 1. The van der Waals surface area contributed by atoms with E-state index in [0.717, 1.165) is 31.7 Å². The molecule has 1 aromatic carbocycles. The molecule has 4 heteroatoms. The Labute approximate surface area is 112 Å². The third-order valence-electron chi connectivity index (χ3n) is 3.18. The number of hydrogen-bond donors (Lipinski definition) is 1. The number of rotatable bonds is 5. The predicted octanol–water partition coefficient (Wildman–Crippen LogP) is 2.68. The smallest absolute Gasteiger partial charge is 0.140 e. The first kappa shape index (κ1) is 13.4. The van der Waals surface area contributed by atoms with Crippen LogP contribution in [0.3, 0.4) is 0 Å².